The van der Waals surface area contributed by atoms with Crippen molar-refractivity contribution in [3.8, 4) is 0 Å². The second-order valence-corrected chi connectivity index (χ2v) is 4.54. The quantitative estimate of drug-likeness (QED) is 0.765. The minimum absolute atomic E-state index is 0.0741. The lowest BCUT2D eigenvalue weighted by atomic mass is 10.1. The monoisotopic (exact) mass is 235 g/mol. The van der Waals surface area contributed by atoms with Crippen LogP contribution in [0.3, 0.4) is 0 Å². The van der Waals surface area contributed by atoms with Crippen LogP contribution in [0.5, 0.6) is 0 Å². The van der Waals surface area contributed by atoms with E-state index in [4.69, 9.17) is 0 Å². The predicted octanol–water partition coefficient (Wildman–Crippen LogP) is 3.02. The van der Waals surface area contributed by atoms with Gasteiger partial charge in [0.15, 0.2) is 5.78 Å². The molecule has 2 nitrogen and oxygen atoms in total. The first-order valence-electron chi connectivity index (χ1n) is 4.85. The van der Waals surface area contributed by atoms with Crippen LogP contribution in [0, 0.1) is 12.7 Å². The summed E-state index contributed by atoms with van der Waals surface area (Å²) in [5.41, 5.74) is 1.14. The lowest BCUT2D eigenvalue weighted by Gasteiger charge is -1.98. The summed E-state index contributed by atoms with van der Waals surface area (Å²) in [6, 6.07) is 6.07. The van der Waals surface area contributed by atoms with Gasteiger partial charge >= 0.3 is 0 Å². The molecule has 2 rings (SSSR count). The van der Waals surface area contributed by atoms with Crippen LogP contribution < -0.4 is 0 Å². The van der Waals surface area contributed by atoms with Crippen molar-refractivity contribution in [3.05, 3.63) is 51.7 Å². The lowest BCUT2D eigenvalue weighted by Crippen LogP contribution is -2.04. The number of hydrogen-bond donors (Lipinski definition) is 0. The molecule has 0 aliphatic rings. The van der Waals surface area contributed by atoms with E-state index in [0.29, 0.717) is 11.3 Å². The maximum atomic E-state index is 12.9. The number of carbonyl (C=O) groups is 1. The summed E-state index contributed by atoms with van der Waals surface area (Å²) in [6.07, 6.45) is 0.195. The highest BCUT2D eigenvalue weighted by Crippen LogP contribution is 2.12. The third-order valence-electron chi connectivity index (χ3n) is 2.16. The summed E-state index contributed by atoms with van der Waals surface area (Å²) in [7, 11) is 0. The first-order valence-corrected chi connectivity index (χ1v) is 5.73. The Morgan fingerprint density at radius 2 is 2.31 bits per heavy atom. The Morgan fingerprint density at radius 3 is 2.94 bits per heavy atom. The van der Waals surface area contributed by atoms with Crippen molar-refractivity contribution >= 4 is 17.1 Å². The minimum Gasteiger partial charge on any atom is -0.292 e. The Labute approximate surface area is 96.8 Å². The van der Waals surface area contributed by atoms with E-state index in [0.717, 1.165) is 5.01 Å². The van der Waals surface area contributed by atoms with Gasteiger partial charge in [0.25, 0.3) is 0 Å². The fraction of sp³-hybridized carbons (Fsp3) is 0.167. The van der Waals surface area contributed by atoms with Crippen molar-refractivity contribution in [1.82, 2.24) is 4.98 Å². The number of nitrogens with zero attached hydrogens (tertiary/aromatic N) is 1. The van der Waals surface area contributed by atoms with E-state index >= 15 is 0 Å². The molecule has 1 aromatic carbocycles. The zero-order valence-corrected chi connectivity index (χ0v) is 9.55. The summed E-state index contributed by atoms with van der Waals surface area (Å²) in [4.78, 5) is 15.9. The molecule has 0 N–H and O–H groups in total. The van der Waals surface area contributed by atoms with E-state index in [1.807, 2.05) is 6.92 Å². The molecule has 0 unspecified atom stereocenters. The van der Waals surface area contributed by atoms with Gasteiger partial charge in [0, 0.05) is 11.8 Å². The topological polar surface area (TPSA) is 30.0 Å². The van der Waals surface area contributed by atoms with Crippen LogP contribution in [0.4, 0.5) is 4.39 Å². The van der Waals surface area contributed by atoms with Gasteiger partial charge in [-0.3, -0.25) is 4.79 Å². The molecule has 0 spiro atoms. The molecular weight excluding hydrogens is 225 g/mol. The minimum atomic E-state index is -0.320. The Hall–Kier alpha value is -1.55. The third-order valence-corrected chi connectivity index (χ3v) is 2.93. The SMILES string of the molecule is Cc1nc(C(=O)Cc2cccc(F)c2)cs1. The normalized spacial score (nSPS) is 10.4. The molecule has 16 heavy (non-hydrogen) atoms. The predicted molar refractivity (Wildman–Crippen MR) is 61.3 cm³/mol. The van der Waals surface area contributed by atoms with Crippen molar-refractivity contribution in [3.63, 3.8) is 0 Å². The highest BCUT2D eigenvalue weighted by Gasteiger charge is 2.10. The highest BCUT2D eigenvalue weighted by molar-refractivity contribution is 7.09. The fourth-order valence-electron chi connectivity index (χ4n) is 1.41. The van der Waals surface area contributed by atoms with Gasteiger partial charge in [0.2, 0.25) is 0 Å². The van der Waals surface area contributed by atoms with Crippen molar-refractivity contribution in [2.75, 3.05) is 0 Å². The van der Waals surface area contributed by atoms with Crippen LogP contribution in [0.1, 0.15) is 21.1 Å². The maximum Gasteiger partial charge on any atom is 0.186 e. The number of hydrogen-bond acceptors (Lipinski definition) is 3. The molecule has 0 amide bonds. The van der Waals surface area contributed by atoms with Gasteiger partial charge in [-0.05, 0) is 24.6 Å². The van der Waals surface area contributed by atoms with Crippen molar-refractivity contribution in [1.29, 1.82) is 0 Å². The van der Waals surface area contributed by atoms with Crippen LogP contribution in [0.25, 0.3) is 0 Å². The molecule has 4 heteroatoms. The van der Waals surface area contributed by atoms with Gasteiger partial charge in [-0.25, -0.2) is 9.37 Å². The summed E-state index contributed by atoms with van der Waals surface area (Å²) < 4.78 is 12.9. The Balaban J connectivity index is 2.13. The number of aryl methyl sites for hydroxylation is 1. The third kappa shape index (κ3) is 2.52. The van der Waals surface area contributed by atoms with Crippen LogP contribution >= 0.6 is 11.3 Å². The summed E-state index contributed by atoms with van der Waals surface area (Å²) >= 11 is 1.44. The van der Waals surface area contributed by atoms with Gasteiger partial charge in [0.1, 0.15) is 11.5 Å². The average Bonchev–Trinajstić information content (AvgIpc) is 2.65. The first kappa shape index (κ1) is 11.0. The largest absolute Gasteiger partial charge is 0.292 e. The highest BCUT2D eigenvalue weighted by atomic mass is 32.1. The number of ketones is 1. The van der Waals surface area contributed by atoms with Crippen LogP contribution in [-0.4, -0.2) is 10.8 Å². The molecule has 2 aromatic rings. The van der Waals surface area contributed by atoms with Gasteiger partial charge in [-0.1, -0.05) is 12.1 Å². The molecule has 0 aliphatic carbocycles. The van der Waals surface area contributed by atoms with Crippen molar-refractivity contribution in [2.24, 2.45) is 0 Å². The van der Waals surface area contributed by atoms with E-state index in [1.54, 1.807) is 17.5 Å². The molecule has 0 saturated heterocycles. The average molecular weight is 235 g/mol. The molecule has 0 fully saturated rings. The number of aromatic nitrogens is 1. The van der Waals surface area contributed by atoms with E-state index in [-0.39, 0.29) is 18.0 Å². The lowest BCUT2D eigenvalue weighted by molar-refractivity contribution is 0.0988. The van der Waals surface area contributed by atoms with Crippen molar-refractivity contribution < 1.29 is 9.18 Å². The van der Waals surface area contributed by atoms with Gasteiger partial charge < -0.3 is 0 Å². The molecular formula is C12H10FNOS. The number of thiazole rings is 1. The summed E-state index contributed by atoms with van der Waals surface area (Å²) in [5, 5.41) is 2.60. The van der Waals surface area contributed by atoms with E-state index in [2.05, 4.69) is 4.98 Å². The second-order valence-electron chi connectivity index (χ2n) is 3.48. The van der Waals surface area contributed by atoms with E-state index in [9.17, 15) is 9.18 Å². The summed E-state index contributed by atoms with van der Waals surface area (Å²) in [5.74, 6) is -0.394. The van der Waals surface area contributed by atoms with Crippen LogP contribution in [0.2, 0.25) is 0 Å². The number of carbonyl (C=O) groups excluding carboxylic acids is 1. The van der Waals surface area contributed by atoms with Crippen molar-refractivity contribution in [2.45, 2.75) is 13.3 Å². The fourth-order valence-corrected chi connectivity index (χ4v) is 2.03. The molecule has 0 bridgehead atoms. The van der Waals surface area contributed by atoms with Gasteiger partial charge in [-0.2, -0.15) is 0 Å². The second kappa shape index (κ2) is 4.53. The molecule has 0 saturated carbocycles. The zero-order valence-electron chi connectivity index (χ0n) is 8.74. The number of Topliss-reactive ketones (excluding diaryl/α,β-unsaturated/α-hetero) is 1. The maximum absolute atomic E-state index is 12.9. The van der Waals surface area contributed by atoms with E-state index in [1.165, 1.54) is 23.5 Å². The molecule has 82 valence electrons. The van der Waals surface area contributed by atoms with Gasteiger partial charge in [0.05, 0.1) is 5.01 Å². The van der Waals surface area contributed by atoms with Crippen LogP contribution in [0.15, 0.2) is 29.6 Å². The molecule has 0 aliphatic heterocycles. The Kier molecular flexibility index (Phi) is 3.10. The Morgan fingerprint density at radius 1 is 1.50 bits per heavy atom. The zero-order chi connectivity index (χ0) is 11.5. The number of halogens is 1. The Bertz CT molecular complexity index is 521. The molecule has 1 aromatic heterocycles. The smallest absolute Gasteiger partial charge is 0.186 e. The first-order chi connectivity index (χ1) is 7.65. The number of benzene rings is 1. The van der Waals surface area contributed by atoms with Crippen LogP contribution in [-0.2, 0) is 6.42 Å². The summed E-state index contributed by atoms with van der Waals surface area (Å²) in [6.45, 7) is 1.85. The standard InChI is InChI=1S/C12H10FNOS/c1-8-14-11(7-16-8)12(15)6-9-3-2-4-10(13)5-9/h2-5,7H,6H2,1H3. The molecule has 0 radical (unpaired) electrons. The van der Waals surface area contributed by atoms with Gasteiger partial charge in [-0.15, -0.1) is 11.3 Å². The van der Waals surface area contributed by atoms with E-state index < -0.39 is 0 Å². The molecule has 0 atom stereocenters. The molecule has 1 heterocycles. The number of rotatable bonds is 3.